The average Bonchev–Trinajstić information content (AvgIpc) is 3.18. The fourth-order valence-corrected chi connectivity index (χ4v) is 3.70. The number of benzene rings is 1. The minimum absolute atomic E-state index is 0.296. The average molecular weight is 342 g/mol. The van der Waals surface area contributed by atoms with Gasteiger partial charge in [-0.2, -0.15) is 10.1 Å². The summed E-state index contributed by atoms with van der Waals surface area (Å²) in [4.78, 5) is 17.3. The van der Waals surface area contributed by atoms with Gasteiger partial charge in [0.15, 0.2) is 10.5 Å². The molecule has 0 atom stereocenters. The summed E-state index contributed by atoms with van der Waals surface area (Å²) in [6.07, 6.45) is 5.27. The van der Waals surface area contributed by atoms with Crippen LogP contribution in [0, 0.1) is 0 Å². The molecule has 3 aromatic rings. The summed E-state index contributed by atoms with van der Waals surface area (Å²) in [5.74, 6) is -0.296. The summed E-state index contributed by atoms with van der Waals surface area (Å²) >= 11 is 1.55. The van der Waals surface area contributed by atoms with Crippen molar-refractivity contribution >= 4 is 27.5 Å². The summed E-state index contributed by atoms with van der Waals surface area (Å²) in [5, 5.41) is 4.23. The van der Waals surface area contributed by atoms with Crippen molar-refractivity contribution in [3.05, 3.63) is 46.5 Å². The van der Waals surface area contributed by atoms with Crippen molar-refractivity contribution in [2.75, 3.05) is 0 Å². The quantitative estimate of drug-likeness (QED) is 0.712. The van der Waals surface area contributed by atoms with E-state index in [9.17, 15) is 4.79 Å². The van der Waals surface area contributed by atoms with Crippen molar-refractivity contribution in [2.24, 2.45) is 12.0 Å². The number of carbonyl (C=O) groups is 1. The highest BCUT2D eigenvalue weighted by Gasteiger charge is 2.10. The van der Waals surface area contributed by atoms with Crippen LogP contribution < -0.4 is 4.80 Å². The first-order valence-corrected chi connectivity index (χ1v) is 9.15. The van der Waals surface area contributed by atoms with Crippen LogP contribution in [0.15, 0.2) is 35.5 Å². The minimum Gasteiger partial charge on any atom is -0.319 e. The van der Waals surface area contributed by atoms with Gasteiger partial charge in [-0.1, -0.05) is 30.7 Å². The molecule has 0 unspecified atom stereocenters. The first-order chi connectivity index (χ1) is 11.6. The normalized spacial score (nSPS) is 12.2. The molecule has 0 fully saturated rings. The van der Waals surface area contributed by atoms with E-state index in [2.05, 4.69) is 35.2 Å². The lowest BCUT2D eigenvalue weighted by Gasteiger charge is -2.00. The van der Waals surface area contributed by atoms with Crippen LogP contribution in [-0.4, -0.2) is 20.3 Å². The standard InChI is InChI=1S/C18H22N4OS/c1-4-6-7-13-8-9-15-16(12-13)24-18(21(15)3)19-17(23)14-10-11-22(5-2)20-14/h8-12H,4-7H2,1-3H3. The Balaban J connectivity index is 1.96. The second-order valence-electron chi connectivity index (χ2n) is 5.82. The Hall–Kier alpha value is -2.21. The van der Waals surface area contributed by atoms with Gasteiger partial charge in [0.25, 0.3) is 5.91 Å². The fraction of sp³-hybridized carbons (Fsp3) is 0.389. The molecule has 2 heterocycles. The number of aryl methyl sites for hydroxylation is 3. The van der Waals surface area contributed by atoms with Gasteiger partial charge < -0.3 is 4.57 Å². The number of unbranched alkanes of at least 4 members (excludes halogenated alkanes) is 1. The van der Waals surface area contributed by atoms with Gasteiger partial charge in [-0.15, -0.1) is 0 Å². The second-order valence-corrected chi connectivity index (χ2v) is 6.83. The van der Waals surface area contributed by atoms with E-state index >= 15 is 0 Å². The fourth-order valence-electron chi connectivity index (χ4n) is 2.62. The number of amides is 1. The molecule has 0 aliphatic rings. The van der Waals surface area contributed by atoms with E-state index in [4.69, 9.17) is 0 Å². The molecule has 0 aliphatic carbocycles. The van der Waals surface area contributed by atoms with Gasteiger partial charge >= 0.3 is 0 Å². The van der Waals surface area contributed by atoms with Crippen molar-refractivity contribution in [1.82, 2.24) is 14.3 Å². The lowest BCUT2D eigenvalue weighted by atomic mass is 10.1. The second kappa shape index (κ2) is 7.13. The molecular weight excluding hydrogens is 320 g/mol. The number of carbonyl (C=O) groups excluding carboxylic acids is 1. The summed E-state index contributed by atoms with van der Waals surface area (Å²) in [7, 11) is 1.95. The van der Waals surface area contributed by atoms with Gasteiger partial charge in [-0.3, -0.25) is 9.48 Å². The Kier molecular flexibility index (Phi) is 4.94. The summed E-state index contributed by atoms with van der Waals surface area (Å²) in [5.41, 5.74) is 2.83. The van der Waals surface area contributed by atoms with Crippen molar-refractivity contribution in [3.8, 4) is 0 Å². The molecule has 0 bridgehead atoms. The maximum atomic E-state index is 12.3. The maximum Gasteiger partial charge on any atom is 0.300 e. The molecule has 5 nitrogen and oxygen atoms in total. The number of fused-ring (bicyclic) bond motifs is 1. The number of thiazole rings is 1. The Morgan fingerprint density at radius 2 is 2.12 bits per heavy atom. The van der Waals surface area contributed by atoms with Crippen LogP contribution >= 0.6 is 11.3 Å². The molecule has 0 spiro atoms. The summed E-state index contributed by atoms with van der Waals surface area (Å²) in [6.45, 7) is 4.93. The molecule has 3 rings (SSSR count). The van der Waals surface area contributed by atoms with E-state index in [1.807, 2.05) is 18.5 Å². The maximum absolute atomic E-state index is 12.3. The molecule has 126 valence electrons. The van der Waals surface area contributed by atoms with Crippen molar-refractivity contribution in [2.45, 2.75) is 39.7 Å². The van der Waals surface area contributed by atoms with Gasteiger partial charge in [0.05, 0.1) is 10.2 Å². The van der Waals surface area contributed by atoms with Crippen LogP contribution in [0.1, 0.15) is 42.7 Å². The van der Waals surface area contributed by atoms with Crippen molar-refractivity contribution in [1.29, 1.82) is 0 Å². The molecule has 0 radical (unpaired) electrons. The molecule has 0 saturated carbocycles. The first-order valence-electron chi connectivity index (χ1n) is 8.33. The highest BCUT2D eigenvalue weighted by molar-refractivity contribution is 7.16. The monoisotopic (exact) mass is 342 g/mol. The zero-order valence-corrected chi connectivity index (χ0v) is 15.1. The predicted molar refractivity (Wildman–Crippen MR) is 97.2 cm³/mol. The molecule has 6 heteroatoms. The van der Waals surface area contributed by atoms with Crippen LogP contribution in [0.5, 0.6) is 0 Å². The zero-order chi connectivity index (χ0) is 17.1. The van der Waals surface area contributed by atoms with Crippen LogP contribution in [0.3, 0.4) is 0 Å². The van der Waals surface area contributed by atoms with Crippen LogP contribution in [-0.2, 0) is 20.0 Å². The van der Waals surface area contributed by atoms with Gasteiger partial charge in [0.2, 0.25) is 0 Å². The Morgan fingerprint density at radius 3 is 2.83 bits per heavy atom. The Morgan fingerprint density at radius 1 is 1.29 bits per heavy atom. The Bertz CT molecular complexity index is 932. The first kappa shape index (κ1) is 16.6. The lowest BCUT2D eigenvalue weighted by molar-refractivity contribution is 0.0992. The smallest absolute Gasteiger partial charge is 0.300 e. The predicted octanol–water partition coefficient (Wildman–Crippen LogP) is 3.54. The number of hydrogen-bond donors (Lipinski definition) is 0. The molecule has 1 aromatic carbocycles. The van der Waals surface area contributed by atoms with Crippen molar-refractivity contribution < 1.29 is 4.79 Å². The van der Waals surface area contributed by atoms with E-state index in [-0.39, 0.29) is 5.91 Å². The van der Waals surface area contributed by atoms with E-state index < -0.39 is 0 Å². The van der Waals surface area contributed by atoms with Gasteiger partial charge in [0.1, 0.15) is 0 Å². The van der Waals surface area contributed by atoms with E-state index in [0.29, 0.717) is 10.5 Å². The highest BCUT2D eigenvalue weighted by Crippen LogP contribution is 2.19. The zero-order valence-electron chi connectivity index (χ0n) is 14.3. The molecule has 0 saturated heterocycles. The molecular formula is C18H22N4OS. The third kappa shape index (κ3) is 3.33. The Labute approximate surface area is 145 Å². The number of rotatable bonds is 5. The van der Waals surface area contributed by atoms with Crippen LogP contribution in [0.25, 0.3) is 10.2 Å². The van der Waals surface area contributed by atoms with Gasteiger partial charge in [-0.05, 0) is 43.5 Å². The number of hydrogen-bond acceptors (Lipinski definition) is 3. The molecule has 24 heavy (non-hydrogen) atoms. The SMILES string of the molecule is CCCCc1ccc2c(c1)sc(=NC(=O)c1ccn(CC)n1)n2C. The van der Waals surface area contributed by atoms with E-state index in [1.165, 1.54) is 18.4 Å². The minimum atomic E-state index is -0.296. The van der Waals surface area contributed by atoms with E-state index in [1.54, 1.807) is 28.3 Å². The largest absolute Gasteiger partial charge is 0.319 e. The topological polar surface area (TPSA) is 52.2 Å². The summed E-state index contributed by atoms with van der Waals surface area (Å²) < 4.78 is 4.86. The van der Waals surface area contributed by atoms with Gasteiger partial charge in [0, 0.05) is 19.8 Å². The molecule has 1 amide bonds. The highest BCUT2D eigenvalue weighted by atomic mass is 32.1. The third-order valence-corrected chi connectivity index (χ3v) is 5.17. The van der Waals surface area contributed by atoms with Crippen molar-refractivity contribution in [3.63, 3.8) is 0 Å². The molecule has 2 aromatic heterocycles. The number of aromatic nitrogens is 3. The van der Waals surface area contributed by atoms with E-state index in [0.717, 1.165) is 23.2 Å². The molecule has 0 N–H and O–H groups in total. The lowest BCUT2D eigenvalue weighted by Crippen LogP contribution is -2.13. The summed E-state index contributed by atoms with van der Waals surface area (Å²) in [6, 6.07) is 8.21. The van der Waals surface area contributed by atoms with Crippen LogP contribution in [0.2, 0.25) is 0 Å². The number of nitrogens with zero attached hydrogens (tertiary/aromatic N) is 4. The van der Waals surface area contributed by atoms with Crippen LogP contribution in [0.4, 0.5) is 0 Å². The molecule has 0 aliphatic heterocycles. The third-order valence-electron chi connectivity index (χ3n) is 4.07. The van der Waals surface area contributed by atoms with Gasteiger partial charge in [-0.25, -0.2) is 0 Å².